The largest absolute Gasteiger partial charge is 0.493 e. The van der Waals surface area contributed by atoms with Crippen LogP contribution >= 0.6 is 0 Å². The summed E-state index contributed by atoms with van der Waals surface area (Å²) in [5.41, 5.74) is 0.261. The van der Waals surface area contributed by atoms with Gasteiger partial charge in [-0.1, -0.05) is 0 Å². The SMILES string of the molecule is CCOC(=O)[C@]1(C)CCc2cc(OC)c(OC)cc2C1=O. The first-order valence-electron chi connectivity index (χ1n) is 6.94. The predicted molar refractivity (Wildman–Crippen MR) is 76.9 cm³/mol. The first kappa shape index (κ1) is 15.4. The molecule has 0 saturated carbocycles. The van der Waals surface area contributed by atoms with Crippen LogP contribution in [0, 0.1) is 5.41 Å². The summed E-state index contributed by atoms with van der Waals surface area (Å²) in [4.78, 5) is 24.8. The molecule has 5 nitrogen and oxygen atoms in total. The molecule has 0 saturated heterocycles. The molecule has 2 rings (SSSR count). The molecule has 0 heterocycles. The lowest BCUT2D eigenvalue weighted by Gasteiger charge is -2.31. The summed E-state index contributed by atoms with van der Waals surface area (Å²) in [6, 6.07) is 3.45. The Bertz CT molecular complexity index is 578. The Morgan fingerprint density at radius 3 is 2.43 bits per heavy atom. The lowest BCUT2D eigenvalue weighted by Crippen LogP contribution is -2.41. The lowest BCUT2D eigenvalue weighted by molar-refractivity contribution is -0.151. The molecule has 0 amide bonds. The number of aryl methyl sites for hydroxylation is 1. The maximum absolute atomic E-state index is 12.7. The molecule has 1 aromatic rings. The van der Waals surface area contributed by atoms with Crippen molar-refractivity contribution in [2.24, 2.45) is 5.41 Å². The van der Waals surface area contributed by atoms with E-state index in [-0.39, 0.29) is 12.4 Å². The molecule has 0 bridgehead atoms. The molecule has 0 spiro atoms. The Labute approximate surface area is 124 Å². The van der Waals surface area contributed by atoms with E-state index in [9.17, 15) is 9.59 Å². The van der Waals surface area contributed by atoms with E-state index in [0.717, 1.165) is 5.56 Å². The van der Waals surface area contributed by atoms with Crippen LogP contribution in [-0.2, 0) is 16.0 Å². The van der Waals surface area contributed by atoms with Crippen molar-refractivity contribution >= 4 is 11.8 Å². The fourth-order valence-corrected chi connectivity index (χ4v) is 2.62. The van der Waals surface area contributed by atoms with Crippen LogP contribution in [-0.4, -0.2) is 32.6 Å². The van der Waals surface area contributed by atoms with Gasteiger partial charge in [-0.15, -0.1) is 0 Å². The van der Waals surface area contributed by atoms with Crippen LogP contribution < -0.4 is 9.47 Å². The molecule has 21 heavy (non-hydrogen) atoms. The van der Waals surface area contributed by atoms with E-state index in [1.165, 1.54) is 7.11 Å². The minimum Gasteiger partial charge on any atom is -0.493 e. The number of fused-ring (bicyclic) bond motifs is 1. The molecule has 1 atom stereocenters. The zero-order chi connectivity index (χ0) is 15.6. The van der Waals surface area contributed by atoms with Crippen LogP contribution in [0.2, 0.25) is 0 Å². The number of methoxy groups -OCH3 is 2. The summed E-state index contributed by atoms with van der Waals surface area (Å²) in [6.07, 6.45) is 1.06. The Hall–Kier alpha value is -2.04. The smallest absolute Gasteiger partial charge is 0.319 e. The Balaban J connectivity index is 2.46. The van der Waals surface area contributed by atoms with Crippen LogP contribution in [0.4, 0.5) is 0 Å². The highest BCUT2D eigenvalue weighted by molar-refractivity contribution is 6.14. The number of benzene rings is 1. The second-order valence-corrected chi connectivity index (χ2v) is 5.25. The number of hydrogen-bond acceptors (Lipinski definition) is 5. The van der Waals surface area contributed by atoms with Crippen LogP contribution in [0.5, 0.6) is 11.5 Å². The topological polar surface area (TPSA) is 61.8 Å². The van der Waals surface area contributed by atoms with Crippen molar-refractivity contribution in [3.63, 3.8) is 0 Å². The van der Waals surface area contributed by atoms with Crippen LogP contribution in [0.1, 0.15) is 36.2 Å². The van der Waals surface area contributed by atoms with Gasteiger partial charge in [0.15, 0.2) is 17.3 Å². The fourth-order valence-electron chi connectivity index (χ4n) is 2.62. The molecule has 1 aromatic carbocycles. The summed E-state index contributed by atoms with van der Waals surface area (Å²) >= 11 is 0. The van der Waals surface area contributed by atoms with Crippen molar-refractivity contribution in [2.75, 3.05) is 20.8 Å². The van der Waals surface area contributed by atoms with Crippen LogP contribution in [0.15, 0.2) is 12.1 Å². The molecule has 1 aliphatic rings. The fraction of sp³-hybridized carbons (Fsp3) is 0.500. The van der Waals surface area contributed by atoms with Crippen molar-refractivity contribution in [3.05, 3.63) is 23.3 Å². The molecular formula is C16H20O5. The number of ketones is 1. The molecular weight excluding hydrogens is 272 g/mol. The minimum atomic E-state index is -1.12. The number of carbonyl (C=O) groups excluding carboxylic acids is 2. The Morgan fingerprint density at radius 1 is 1.24 bits per heavy atom. The van der Waals surface area contributed by atoms with Gasteiger partial charge in [-0.3, -0.25) is 9.59 Å². The molecule has 1 aliphatic carbocycles. The van der Waals surface area contributed by atoms with Gasteiger partial charge < -0.3 is 14.2 Å². The maximum Gasteiger partial charge on any atom is 0.319 e. The van der Waals surface area contributed by atoms with E-state index in [1.54, 1.807) is 33.1 Å². The number of carbonyl (C=O) groups is 2. The normalized spacial score (nSPS) is 20.7. The monoisotopic (exact) mass is 292 g/mol. The Kier molecular flexibility index (Phi) is 4.21. The summed E-state index contributed by atoms with van der Waals surface area (Å²) < 4.78 is 15.5. The second kappa shape index (κ2) is 5.76. The van der Waals surface area contributed by atoms with Gasteiger partial charge in [0.1, 0.15) is 5.41 Å². The summed E-state index contributed by atoms with van der Waals surface area (Å²) in [7, 11) is 3.07. The van der Waals surface area contributed by atoms with Crippen molar-refractivity contribution in [3.8, 4) is 11.5 Å². The second-order valence-electron chi connectivity index (χ2n) is 5.25. The third kappa shape index (κ3) is 2.48. The average molecular weight is 292 g/mol. The zero-order valence-corrected chi connectivity index (χ0v) is 12.8. The quantitative estimate of drug-likeness (QED) is 0.630. The van der Waals surface area contributed by atoms with Crippen molar-refractivity contribution < 1.29 is 23.8 Å². The number of hydrogen-bond donors (Lipinski definition) is 0. The minimum absolute atomic E-state index is 0.219. The van der Waals surface area contributed by atoms with Crippen LogP contribution in [0.3, 0.4) is 0 Å². The van der Waals surface area contributed by atoms with Gasteiger partial charge in [0.2, 0.25) is 0 Å². The molecule has 0 unspecified atom stereocenters. The molecule has 0 N–H and O–H groups in total. The van der Waals surface area contributed by atoms with Gasteiger partial charge >= 0.3 is 5.97 Å². The van der Waals surface area contributed by atoms with E-state index in [0.29, 0.717) is 29.9 Å². The summed E-state index contributed by atoms with van der Waals surface area (Å²) in [6.45, 7) is 3.64. The number of rotatable bonds is 4. The third-order valence-corrected chi connectivity index (χ3v) is 3.98. The van der Waals surface area contributed by atoms with E-state index < -0.39 is 11.4 Å². The number of ether oxygens (including phenoxy) is 3. The highest BCUT2D eigenvalue weighted by atomic mass is 16.5. The Morgan fingerprint density at radius 2 is 1.86 bits per heavy atom. The van der Waals surface area contributed by atoms with Crippen LogP contribution in [0.25, 0.3) is 0 Å². The molecule has 0 aromatic heterocycles. The van der Waals surface area contributed by atoms with Gasteiger partial charge in [0, 0.05) is 5.56 Å². The summed E-state index contributed by atoms with van der Waals surface area (Å²) in [5.74, 6) is 0.389. The van der Waals surface area contributed by atoms with Crippen molar-refractivity contribution in [1.29, 1.82) is 0 Å². The zero-order valence-electron chi connectivity index (χ0n) is 12.8. The summed E-state index contributed by atoms with van der Waals surface area (Å²) in [5, 5.41) is 0. The first-order valence-corrected chi connectivity index (χ1v) is 6.94. The van der Waals surface area contributed by atoms with Gasteiger partial charge in [0.25, 0.3) is 0 Å². The van der Waals surface area contributed by atoms with Gasteiger partial charge in [-0.05, 0) is 44.4 Å². The average Bonchev–Trinajstić information content (AvgIpc) is 2.50. The number of esters is 1. The highest BCUT2D eigenvalue weighted by Gasteiger charge is 2.46. The van der Waals surface area contributed by atoms with Gasteiger partial charge in [-0.25, -0.2) is 0 Å². The molecule has 0 radical (unpaired) electrons. The lowest BCUT2D eigenvalue weighted by atomic mass is 9.71. The van der Waals surface area contributed by atoms with Crippen molar-refractivity contribution in [1.82, 2.24) is 0 Å². The van der Waals surface area contributed by atoms with Gasteiger partial charge in [-0.2, -0.15) is 0 Å². The number of Topliss-reactive ketones (excluding diaryl/α,β-unsaturated/α-hetero) is 1. The standard InChI is InChI=1S/C16H20O5/c1-5-21-15(18)16(2)7-6-10-8-12(19-3)13(20-4)9-11(10)14(16)17/h8-9H,5-7H2,1-4H3/t16-/m1/s1. The highest BCUT2D eigenvalue weighted by Crippen LogP contribution is 2.40. The molecule has 0 fully saturated rings. The van der Waals surface area contributed by atoms with E-state index in [1.807, 2.05) is 0 Å². The molecule has 114 valence electrons. The van der Waals surface area contributed by atoms with E-state index >= 15 is 0 Å². The maximum atomic E-state index is 12.7. The first-order chi connectivity index (χ1) is 9.97. The van der Waals surface area contributed by atoms with Crippen molar-refractivity contribution in [2.45, 2.75) is 26.7 Å². The van der Waals surface area contributed by atoms with Gasteiger partial charge in [0.05, 0.1) is 20.8 Å². The van der Waals surface area contributed by atoms with E-state index in [2.05, 4.69) is 0 Å². The third-order valence-electron chi connectivity index (χ3n) is 3.98. The van der Waals surface area contributed by atoms with E-state index in [4.69, 9.17) is 14.2 Å². The molecule has 0 aliphatic heterocycles. The predicted octanol–water partition coefficient (Wildman–Crippen LogP) is 2.40. The molecule has 5 heteroatoms.